The van der Waals surface area contributed by atoms with E-state index in [2.05, 4.69) is 16.0 Å². The van der Waals surface area contributed by atoms with Gasteiger partial charge in [-0.15, -0.1) is 0 Å². The van der Waals surface area contributed by atoms with Crippen molar-refractivity contribution in [2.75, 3.05) is 30.3 Å². The van der Waals surface area contributed by atoms with Crippen molar-refractivity contribution in [3.8, 4) is 0 Å². The van der Waals surface area contributed by atoms with Gasteiger partial charge in [0.2, 0.25) is 5.91 Å². The molecule has 0 aromatic heterocycles. The highest BCUT2D eigenvalue weighted by atomic mass is 35.5. The Bertz CT molecular complexity index is 837. The molecule has 28 heavy (non-hydrogen) atoms. The number of amides is 2. The second kappa shape index (κ2) is 9.78. The van der Waals surface area contributed by atoms with E-state index in [0.29, 0.717) is 33.5 Å². The van der Waals surface area contributed by atoms with Gasteiger partial charge in [-0.25, -0.2) is 0 Å². The zero-order valence-electron chi connectivity index (χ0n) is 15.1. The van der Waals surface area contributed by atoms with Crippen LogP contribution in [-0.4, -0.2) is 37.6 Å². The number of hydrogen-bond acceptors (Lipinski definition) is 4. The third-order valence-corrected chi connectivity index (χ3v) is 4.88. The summed E-state index contributed by atoms with van der Waals surface area (Å²) in [5.41, 5.74) is 1.71. The molecule has 1 heterocycles. The van der Waals surface area contributed by atoms with Crippen LogP contribution in [0.3, 0.4) is 0 Å². The van der Waals surface area contributed by atoms with Gasteiger partial charge in [0.25, 0.3) is 5.91 Å². The minimum Gasteiger partial charge on any atom is -0.376 e. The summed E-state index contributed by atoms with van der Waals surface area (Å²) in [5.74, 6) is -0.405. The standard InChI is InChI=1S/C20H21Cl2N3O3/c21-14-5-8-17(22)18(10-14)23-12-19(26)25-15-6-3-13(4-7-15)20(27)24-11-16-2-1-9-28-16/h3-8,10,16,23H,1-2,9,11-12H2,(H,24,27)(H,25,26). The van der Waals surface area contributed by atoms with Crippen LogP contribution in [0.2, 0.25) is 10.0 Å². The summed E-state index contributed by atoms with van der Waals surface area (Å²) in [6.45, 7) is 1.30. The SMILES string of the molecule is O=C(CNc1cc(Cl)ccc1Cl)Nc1ccc(C(=O)NCC2CCCO2)cc1. The zero-order valence-corrected chi connectivity index (χ0v) is 16.6. The second-order valence-corrected chi connectivity index (χ2v) is 7.29. The summed E-state index contributed by atoms with van der Waals surface area (Å²) in [5, 5.41) is 9.58. The predicted octanol–water partition coefficient (Wildman–Crippen LogP) is 3.95. The molecule has 148 valence electrons. The minimum atomic E-state index is -0.244. The first-order valence-electron chi connectivity index (χ1n) is 9.00. The van der Waals surface area contributed by atoms with E-state index >= 15 is 0 Å². The van der Waals surface area contributed by atoms with Crippen LogP contribution < -0.4 is 16.0 Å². The lowest BCUT2D eigenvalue weighted by molar-refractivity contribution is -0.114. The number of rotatable bonds is 7. The van der Waals surface area contributed by atoms with Gasteiger partial charge in [0.15, 0.2) is 0 Å². The molecule has 1 saturated heterocycles. The van der Waals surface area contributed by atoms with Crippen molar-refractivity contribution < 1.29 is 14.3 Å². The van der Waals surface area contributed by atoms with Gasteiger partial charge in [-0.2, -0.15) is 0 Å². The summed E-state index contributed by atoms with van der Waals surface area (Å²) in [7, 11) is 0. The summed E-state index contributed by atoms with van der Waals surface area (Å²) >= 11 is 12.0. The Balaban J connectivity index is 1.47. The van der Waals surface area contributed by atoms with E-state index in [1.165, 1.54) is 0 Å². The Morgan fingerprint density at radius 1 is 1.11 bits per heavy atom. The summed E-state index contributed by atoms with van der Waals surface area (Å²) < 4.78 is 5.49. The maximum Gasteiger partial charge on any atom is 0.251 e. The third-order valence-electron chi connectivity index (χ3n) is 4.31. The molecule has 0 radical (unpaired) electrons. The van der Waals surface area contributed by atoms with Crippen molar-refractivity contribution >= 4 is 46.4 Å². The molecule has 2 amide bonds. The van der Waals surface area contributed by atoms with E-state index in [0.717, 1.165) is 19.4 Å². The van der Waals surface area contributed by atoms with E-state index < -0.39 is 0 Å². The van der Waals surface area contributed by atoms with E-state index in [9.17, 15) is 9.59 Å². The highest BCUT2D eigenvalue weighted by molar-refractivity contribution is 6.35. The quantitative estimate of drug-likeness (QED) is 0.631. The molecule has 3 rings (SSSR count). The van der Waals surface area contributed by atoms with Crippen LogP contribution in [-0.2, 0) is 9.53 Å². The normalized spacial score (nSPS) is 15.9. The van der Waals surface area contributed by atoms with Crippen LogP contribution in [0.25, 0.3) is 0 Å². The molecular weight excluding hydrogens is 401 g/mol. The number of anilines is 2. The molecule has 0 bridgehead atoms. The summed E-state index contributed by atoms with van der Waals surface area (Å²) in [4.78, 5) is 24.3. The molecule has 0 spiro atoms. The second-order valence-electron chi connectivity index (χ2n) is 6.45. The first-order valence-corrected chi connectivity index (χ1v) is 9.75. The molecule has 1 aliphatic rings. The fourth-order valence-electron chi connectivity index (χ4n) is 2.83. The van der Waals surface area contributed by atoms with Gasteiger partial charge in [0.05, 0.1) is 23.4 Å². The van der Waals surface area contributed by atoms with Gasteiger partial charge in [-0.05, 0) is 55.3 Å². The van der Waals surface area contributed by atoms with Crippen molar-refractivity contribution in [1.82, 2.24) is 5.32 Å². The number of hydrogen-bond donors (Lipinski definition) is 3. The molecule has 1 aliphatic heterocycles. The van der Waals surface area contributed by atoms with Gasteiger partial charge < -0.3 is 20.7 Å². The molecule has 3 N–H and O–H groups in total. The van der Waals surface area contributed by atoms with Crippen LogP contribution in [0.4, 0.5) is 11.4 Å². The van der Waals surface area contributed by atoms with Gasteiger partial charge in [-0.1, -0.05) is 23.2 Å². The van der Waals surface area contributed by atoms with Gasteiger partial charge in [-0.3, -0.25) is 9.59 Å². The van der Waals surface area contributed by atoms with Crippen molar-refractivity contribution in [3.63, 3.8) is 0 Å². The van der Waals surface area contributed by atoms with Crippen molar-refractivity contribution in [2.45, 2.75) is 18.9 Å². The largest absolute Gasteiger partial charge is 0.376 e. The monoisotopic (exact) mass is 421 g/mol. The molecule has 2 aromatic rings. The zero-order chi connectivity index (χ0) is 19.9. The molecule has 2 aromatic carbocycles. The van der Waals surface area contributed by atoms with Gasteiger partial charge >= 0.3 is 0 Å². The number of benzene rings is 2. The smallest absolute Gasteiger partial charge is 0.251 e. The average Bonchev–Trinajstić information content (AvgIpc) is 3.21. The van der Waals surface area contributed by atoms with Crippen LogP contribution in [0, 0.1) is 0 Å². The van der Waals surface area contributed by atoms with Crippen molar-refractivity contribution in [1.29, 1.82) is 0 Å². The molecule has 1 unspecified atom stereocenters. The van der Waals surface area contributed by atoms with Crippen LogP contribution in [0.1, 0.15) is 23.2 Å². The van der Waals surface area contributed by atoms with Gasteiger partial charge in [0.1, 0.15) is 0 Å². The maximum absolute atomic E-state index is 12.2. The lowest BCUT2D eigenvalue weighted by atomic mass is 10.2. The predicted molar refractivity (Wildman–Crippen MR) is 111 cm³/mol. The van der Waals surface area contributed by atoms with E-state index in [4.69, 9.17) is 27.9 Å². The average molecular weight is 422 g/mol. The molecular formula is C20H21Cl2N3O3. The topological polar surface area (TPSA) is 79.5 Å². The van der Waals surface area contributed by atoms with Crippen LogP contribution >= 0.6 is 23.2 Å². The number of carbonyl (C=O) groups is 2. The Kier molecular flexibility index (Phi) is 7.14. The summed E-state index contributed by atoms with van der Waals surface area (Å²) in [6, 6.07) is 11.7. The molecule has 1 fully saturated rings. The molecule has 1 atom stereocenters. The Morgan fingerprint density at radius 3 is 2.61 bits per heavy atom. The lowest BCUT2D eigenvalue weighted by Gasteiger charge is -2.12. The number of ether oxygens (including phenoxy) is 1. The Morgan fingerprint density at radius 2 is 1.89 bits per heavy atom. The van der Waals surface area contributed by atoms with Crippen LogP contribution in [0.5, 0.6) is 0 Å². The maximum atomic E-state index is 12.2. The molecule has 0 aliphatic carbocycles. The highest BCUT2D eigenvalue weighted by Gasteiger charge is 2.16. The number of halogens is 2. The molecule has 6 nitrogen and oxygen atoms in total. The van der Waals surface area contributed by atoms with Gasteiger partial charge in [0, 0.05) is 29.4 Å². The molecule has 0 saturated carbocycles. The highest BCUT2D eigenvalue weighted by Crippen LogP contribution is 2.25. The van der Waals surface area contributed by atoms with E-state index in [1.54, 1.807) is 42.5 Å². The summed E-state index contributed by atoms with van der Waals surface area (Å²) in [6.07, 6.45) is 2.11. The van der Waals surface area contributed by atoms with Crippen molar-refractivity contribution in [3.05, 3.63) is 58.1 Å². The first-order chi connectivity index (χ1) is 13.5. The minimum absolute atomic E-state index is 0.0314. The Hall–Kier alpha value is -2.28. The lowest BCUT2D eigenvalue weighted by Crippen LogP contribution is -2.31. The van der Waals surface area contributed by atoms with Crippen molar-refractivity contribution in [2.24, 2.45) is 0 Å². The number of nitrogens with one attached hydrogen (secondary N) is 3. The van der Waals surface area contributed by atoms with E-state index in [1.807, 2.05) is 0 Å². The number of carbonyl (C=O) groups excluding carboxylic acids is 2. The molecule has 8 heteroatoms. The Labute approximate surface area is 173 Å². The van der Waals surface area contributed by atoms with E-state index in [-0.39, 0.29) is 24.5 Å². The fourth-order valence-corrected chi connectivity index (χ4v) is 3.19. The first kappa shape index (κ1) is 20.5. The fraction of sp³-hybridized carbons (Fsp3) is 0.300. The third kappa shape index (κ3) is 5.86. The van der Waals surface area contributed by atoms with Crippen LogP contribution in [0.15, 0.2) is 42.5 Å².